The van der Waals surface area contributed by atoms with Gasteiger partial charge >= 0.3 is 171 Å². The van der Waals surface area contributed by atoms with Gasteiger partial charge in [0.1, 0.15) is 0 Å². The van der Waals surface area contributed by atoms with Crippen molar-refractivity contribution in [3.8, 4) is 22.4 Å². The number of nitrogens with zero attached hydrogens (tertiary/aromatic N) is 3. The molecule has 136 valence electrons. The Morgan fingerprint density at radius 3 is 2.29 bits per heavy atom. The molecule has 0 aliphatic carbocycles. The molecule has 0 atom stereocenters. The molecule has 0 aliphatic rings. The third-order valence-electron chi connectivity index (χ3n) is 4.54. The average Bonchev–Trinajstić information content (AvgIpc) is 3.13. The monoisotopic (exact) mass is 452 g/mol. The first-order valence-corrected chi connectivity index (χ1v) is 10.9. The van der Waals surface area contributed by atoms with Gasteiger partial charge in [0, 0.05) is 0 Å². The molecule has 0 spiro atoms. The second kappa shape index (κ2) is 6.98. The fourth-order valence-electron chi connectivity index (χ4n) is 3.33. The van der Waals surface area contributed by atoms with Crippen LogP contribution in [0, 0.1) is 0 Å². The van der Waals surface area contributed by atoms with Gasteiger partial charge in [-0.1, -0.05) is 0 Å². The number of rotatable bonds is 3. The Labute approximate surface area is 170 Å². The van der Waals surface area contributed by atoms with Crippen LogP contribution in [0.5, 0.6) is 0 Å². The Hall–Kier alpha value is -2.79. The standard InChI is InChI=1S/C21H13ClN4OSe/c22-11-14-23-18-16-15(12-7-3-1-4-8-12)17(13-9-5-2-6-10-13)25-26-21(16)28-19(18)20(27)24-14/h1-10H,11H2,(H,23,24,27). The molecule has 28 heavy (non-hydrogen) atoms. The number of H-pyrrole nitrogens is 1. The number of fused-ring (bicyclic) bond motifs is 3. The number of aromatic nitrogens is 4. The Kier molecular flexibility index (Phi) is 4.32. The molecule has 0 saturated carbocycles. The number of alkyl halides is 1. The molecule has 0 bridgehead atoms. The van der Waals surface area contributed by atoms with Gasteiger partial charge in [-0.05, 0) is 0 Å². The van der Waals surface area contributed by atoms with Crippen molar-refractivity contribution >= 4 is 45.7 Å². The first-order valence-electron chi connectivity index (χ1n) is 8.65. The number of hydrogen-bond acceptors (Lipinski definition) is 4. The summed E-state index contributed by atoms with van der Waals surface area (Å²) in [5.41, 5.74) is 4.27. The normalized spacial score (nSPS) is 11.3. The molecule has 3 aromatic heterocycles. The summed E-state index contributed by atoms with van der Waals surface area (Å²) in [4.78, 5) is 20.0. The van der Waals surface area contributed by atoms with Gasteiger partial charge in [0.15, 0.2) is 0 Å². The number of hydrogen-bond donors (Lipinski definition) is 1. The van der Waals surface area contributed by atoms with E-state index in [2.05, 4.69) is 20.2 Å². The molecule has 5 nitrogen and oxygen atoms in total. The van der Waals surface area contributed by atoms with E-state index < -0.39 is 0 Å². The number of aromatic amines is 1. The van der Waals surface area contributed by atoms with Crippen LogP contribution in [0.1, 0.15) is 5.82 Å². The average molecular weight is 452 g/mol. The van der Waals surface area contributed by atoms with Gasteiger partial charge < -0.3 is 0 Å². The third-order valence-corrected chi connectivity index (χ3v) is 7.02. The van der Waals surface area contributed by atoms with Crippen molar-refractivity contribution < 1.29 is 0 Å². The molecule has 7 heteroatoms. The summed E-state index contributed by atoms with van der Waals surface area (Å²) >= 11 is 5.71. The first kappa shape index (κ1) is 17.3. The quantitative estimate of drug-likeness (QED) is 0.332. The van der Waals surface area contributed by atoms with E-state index in [1.54, 1.807) is 0 Å². The first-order chi connectivity index (χ1) is 13.8. The van der Waals surface area contributed by atoms with E-state index in [-0.39, 0.29) is 25.9 Å². The van der Waals surface area contributed by atoms with E-state index in [4.69, 9.17) is 11.6 Å². The van der Waals surface area contributed by atoms with Crippen molar-refractivity contribution in [2.45, 2.75) is 5.88 Å². The molecule has 0 fully saturated rings. The predicted molar refractivity (Wildman–Crippen MR) is 113 cm³/mol. The molecule has 0 aliphatic heterocycles. The second-order valence-corrected chi connectivity index (χ2v) is 8.63. The Bertz CT molecular complexity index is 1360. The summed E-state index contributed by atoms with van der Waals surface area (Å²) in [6, 6.07) is 20.0. The van der Waals surface area contributed by atoms with E-state index in [1.807, 2.05) is 60.7 Å². The van der Waals surface area contributed by atoms with Crippen molar-refractivity contribution in [2.24, 2.45) is 0 Å². The summed E-state index contributed by atoms with van der Waals surface area (Å²) in [5.74, 6) is 0.612. The minimum atomic E-state index is -0.248. The van der Waals surface area contributed by atoms with Crippen molar-refractivity contribution in [3.63, 3.8) is 0 Å². The molecule has 5 rings (SSSR count). The molecule has 5 aromatic rings. The summed E-state index contributed by atoms with van der Waals surface area (Å²) in [5, 5.41) is 9.93. The summed E-state index contributed by atoms with van der Waals surface area (Å²) in [7, 11) is 0. The summed E-state index contributed by atoms with van der Waals surface area (Å²) < 4.78 is 1.50. The van der Waals surface area contributed by atoms with Gasteiger partial charge in [-0.15, -0.1) is 0 Å². The zero-order valence-electron chi connectivity index (χ0n) is 14.5. The summed E-state index contributed by atoms with van der Waals surface area (Å²) in [6.45, 7) is 0. The van der Waals surface area contributed by atoms with Crippen LogP contribution in [0.25, 0.3) is 41.9 Å². The zero-order valence-corrected chi connectivity index (χ0v) is 17.0. The molecule has 3 heterocycles. The molecular formula is C21H13ClN4OSe. The Morgan fingerprint density at radius 1 is 0.929 bits per heavy atom. The second-order valence-electron chi connectivity index (χ2n) is 6.26. The van der Waals surface area contributed by atoms with Gasteiger partial charge in [0.25, 0.3) is 0 Å². The molecule has 2 aromatic carbocycles. The Morgan fingerprint density at radius 2 is 1.61 bits per heavy atom. The van der Waals surface area contributed by atoms with Crippen LogP contribution >= 0.6 is 11.6 Å². The van der Waals surface area contributed by atoms with Crippen LogP contribution in [0.15, 0.2) is 65.5 Å². The van der Waals surface area contributed by atoms with Crippen molar-refractivity contribution in [2.75, 3.05) is 0 Å². The van der Waals surface area contributed by atoms with Crippen LogP contribution in [-0.4, -0.2) is 34.7 Å². The fourth-order valence-corrected chi connectivity index (χ4v) is 5.48. The molecule has 0 radical (unpaired) electrons. The van der Waals surface area contributed by atoms with E-state index in [0.717, 1.165) is 32.2 Å². The third kappa shape index (κ3) is 2.78. The minimum absolute atomic E-state index is 0.140. The Balaban J connectivity index is 1.98. The molecule has 0 saturated heterocycles. The van der Waals surface area contributed by atoms with Crippen LogP contribution in [0.3, 0.4) is 0 Å². The van der Waals surface area contributed by atoms with Crippen molar-refractivity contribution in [3.05, 3.63) is 76.8 Å². The van der Waals surface area contributed by atoms with Crippen LogP contribution in [0.2, 0.25) is 0 Å². The number of halogens is 1. The van der Waals surface area contributed by atoms with Gasteiger partial charge in [0.05, 0.1) is 0 Å². The van der Waals surface area contributed by atoms with Crippen LogP contribution < -0.4 is 5.56 Å². The van der Waals surface area contributed by atoms with Gasteiger partial charge in [-0.3, -0.25) is 0 Å². The van der Waals surface area contributed by atoms with Gasteiger partial charge in [0.2, 0.25) is 0 Å². The van der Waals surface area contributed by atoms with E-state index in [0.29, 0.717) is 15.6 Å². The fraction of sp³-hybridized carbons (Fsp3) is 0.0476. The topological polar surface area (TPSA) is 71.5 Å². The maximum atomic E-state index is 12.6. The predicted octanol–water partition coefficient (Wildman–Crippen LogP) is 4.00. The molecule has 0 unspecified atom stereocenters. The maximum absolute atomic E-state index is 12.6. The van der Waals surface area contributed by atoms with E-state index in [9.17, 15) is 4.79 Å². The van der Waals surface area contributed by atoms with E-state index >= 15 is 0 Å². The van der Waals surface area contributed by atoms with Gasteiger partial charge in [-0.25, -0.2) is 0 Å². The van der Waals surface area contributed by atoms with E-state index in [1.165, 1.54) is 0 Å². The molecular weight excluding hydrogens is 439 g/mol. The van der Waals surface area contributed by atoms with Crippen molar-refractivity contribution in [1.82, 2.24) is 20.2 Å². The van der Waals surface area contributed by atoms with Gasteiger partial charge in [-0.2, -0.15) is 0 Å². The van der Waals surface area contributed by atoms with Crippen LogP contribution in [-0.2, 0) is 5.88 Å². The number of benzene rings is 2. The number of nitrogens with one attached hydrogen (secondary N) is 1. The molecule has 1 N–H and O–H groups in total. The van der Waals surface area contributed by atoms with Crippen LogP contribution in [0.4, 0.5) is 0 Å². The van der Waals surface area contributed by atoms with Crippen molar-refractivity contribution in [1.29, 1.82) is 0 Å². The summed E-state index contributed by atoms with van der Waals surface area (Å²) in [6.07, 6.45) is 0. The zero-order chi connectivity index (χ0) is 19.1. The SMILES string of the molecule is O=c1[nH]c(CCl)nc2c1[se]c1nnc(-c3ccccc3)c(-c3ccccc3)c12. The molecule has 0 amide bonds.